The zero-order valence-corrected chi connectivity index (χ0v) is 18.0. The van der Waals surface area contributed by atoms with Crippen molar-refractivity contribution in [2.45, 2.75) is 25.8 Å². The zero-order valence-electron chi connectivity index (χ0n) is 18.0. The molecule has 7 nitrogen and oxygen atoms in total. The van der Waals surface area contributed by atoms with E-state index in [1.54, 1.807) is 14.0 Å². The first kappa shape index (κ1) is 22.8. The second kappa shape index (κ2) is 9.96. The van der Waals surface area contributed by atoms with Crippen molar-refractivity contribution < 1.29 is 24.6 Å². The van der Waals surface area contributed by atoms with Crippen molar-refractivity contribution in [2.75, 3.05) is 0 Å². The summed E-state index contributed by atoms with van der Waals surface area (Å²) in [6.07, 6.45) is 2.07. The molecule has 0 aliphatic carbocycles. The molecule has 3 aromatic rings. The first-order valence-electron chi connectivity index (χ1n) is 10.3. The Morgan fingerprint density at radius 2 is 1.59 bits per heavy atom. The summed E-state index contributed by atoms with van der Waals surface area (Å²) in [6.45, 7) is 1.60. The number of carboxylic acids is 2. The molecule has 166 valence electrons. The van der Waals surface area contributed by atoms with Crippen LogP contribution < -0.4 is 5.32 Å². The number of hydrogen-bond acceptors (Lipinski definition) is 3. The van der Waals surface area contributed by atoms with Crippen molar-refractivity contribution in [1.82, 2.24) is 9.88 Å². The Morgan fingerprint density at radius 3 is 2.16 bits per heavy atom. The van der Waals surface area contributed by atoms with E-state index in [2.05, 4.69) is 5.32 Å². The molecule has 0 fully saturated rings. The standard InChI is InChI=1S/C25H26N2O5/c1-16(24(29)30)12-21(26-23(28)22-14-20(25(31)32)15-27(22)2)13-17-8-10-19(11-9-17)18-6-4-3-5-7-18/h3-11,14-16,21H,12-13H2,1-2H3,(H,26,28)(H,29,30)(H,31,32). The van der Waals surface area contributed by atoms with Crippen molar-refractivity contribution in [3.8, 4) is 11.1 Å². The SMILES string of the molecule is CC(CC(Cc1ccc(-c2ccccc2)cc1)NC(=O)c1cc(C(=O)O)cn1C)C(=O)O. The predicted molar refractivity (Wildman–Crippen MR) is 121 cm³/mol. The summed E-state index contributed by atoms with van der Waals surface area (Å²) in [5.41, 5.74) is 3.35. The van der Waals surface area contributed by atoms with Gasteiger partial charge in [0.1, 0.15) is 5.69 Å². The Hall–Kier alpha value is -3.87. The highest BCUT2D eigenvalue weighted by molar-refractivity contribution is 5.97. The normalized spacial score (nSPS) is 12.7. The van der Waals surface area contributed by atoms with Gasteiger partial charge >= 0.3 is 11.9 Å². The highest BCUT2D eigenvalue weighted by atomic mass is 16.4. The first-order valence-corrected chi connectivity index (χ1v) is 10.3. The lowest BCUT2D eigenvalue weighted by Crippen LogP contribution is -2.39. The summed E-state index contributed by atoms with van der Waals surface area (Å²) in [7, 11) is 1.60. The monoisotopic (exact) mass is 434 g/mol. The number of aliphatic carboxylic acids is 1. The second-order valence-corrected chi connectivity index (χ2v) is 7.94. The van der Waals surface area contributed by atoms with E-state index in [9.17, 15) is 19.5 Å². The van der Waals surface area contributed by atoms with Gasteiger partial charge in [0.05, 0.1) is 11.5 Å². The van der Waals surface area contributed by atoms with Gasteiger partial charge in [0.2, 0.25) is 0 Å². The van der Waals surface area contributed by atoms with Crippen molar-refractivity contribution in [2.24, 2.45) is 13.0 Å². The Bertz CT molecular complexity index is 1100. The lowest BCUT2D eigenvalue weighted by molar-refractivity contribution is -0.141. The van der Waals surface area contributed by atoms with Gasteiger partial charge in [0.25, 0.3) is 5.91 Å². The average Bonchev–Trinajstić information content (AvgIpc) is 3.17. The number of nitrogens with zero attached hydrogens (tertiary/aromatic N) is 1. The lowest BCUT2D eigenvalue weighted by atomic mass is 9.95. The van der Waals surface area contributed by atoms with Gasteiger partial charge in [-0.3, -0.25) is 9.59 Å². The van der Waals surface area contributed by atoms with Crippen LogP contribution in [-0.2, 0) is 18.3 Å². The molecule has 0 aliphatic heterocycles. The maximum atomic E-state index is 12.8. The maximum absolute atomic E-state index is 12.8. The van der Waals surface area contributed by atoms with Gasteiger partial charge < -0.3 is 20.1 Å². The molecule has 2 unspecified atom stereocenters. The number of carbonyl (C=O) groups is 3. The fourth-order valence-corrected chi connectivity index (χ4v) is 3.64. The molecule has 3 N–H and O–H groups in total. The van der Waals surface area contributed by atoms with Gasteiger partial charge in [-0.05, 0) is 35.6 Å². The van der Waals surface area contributed by atoms with E-state index in [1.807, 2.05) is 54.6 Å². The van der Waals surface area contributed by atoms with E-state index >= 15 is 0 Å². The number of amides is 1. The van der Waals surface area contributed by atoms with Crippen molar-refractivity contribution in [3.63, 3.8) is 0 Å². The molecule has 1 heterocycles. The molecule has 0 bridgehead atoms. The average molecular weight is 434 g/mol. The van der Waals surface area contributed by atoms with E-state index in [1.165, 1.54) is 16.8 Å². The number of nitrogens with one attached hydrogen (secondary N) is 1. The second-order valence-electron chi connectivity index (χ2n) is 7.94. The third-order valence-corrected chi connectivity index (χ3v) is 5.42. The maximum Gasteiger partial charge on any atom is 0.337 e. The van der Waals surface area contributed by atoms with Gasteiger partial charge in [0.15, 0.2) is 0 Å². The number of aryl methyl sites for hydroxylation is 1. The molecule has 0 radical (unpaired) electrons. The van der Waals surface area contributed by atoms with Crippen LogP contribution in [0, 0.1) is 5.92 Å². The molecule has 1 amide bonds. The van der Waals surface area contributed by atoms with Gasteiger partial charge in [-0.2, -0.15) is 0 Å². The fraction of sp³-hybridized carbons (Fsp3) is 0.240. The van der Waals surface area contributed by atoms with Crippen LogP contribution >= 0.6 is 0 Å². The number of aromatic nitrogens is 1. The Morgan fingerprint density at radius 1 is 0.969 bits per heavy atom. The smallest absolute Gasteiger partial charge is 0.337 e. The quantitative estimate of drug-likeness (QED) is 0.474. The topological polar surface area (TPSA) is 109 Å². The number of rotatable bonds is 9. The molecule has 7 heteroatoms. The first-order chi connectivity index (χ1) is 15.2. The number of aromatic carboxylic acids is 1. The Labute approximate surface area is 186 Å². The van der Waals surface area contributed by atoms with Gasteiger partial charge in [-0.25, -0.2) is 4.79 Å². The summed E-state index contributed by atoms with van der Waals surface area (Å²) in [5.74, 6) is -3.14. The zero-order chi connectivity index (χ0) is 23.3. The number of hydrogen-bond donors (Lipinski definition) is 3. The van der Waals surface area contributed by atoms with Crippen molar-refractivity contribution >= 4 is 17.8 Å². The molecule has 0 saturated heterocycles. The Kier molecular flexibility index (Phi) is 7.10. The lowest BCUT2D eigenvalue weighted by Gasteiger charge is -2.21. The highest BCUT2D eigenvalue weighted by Crippen LogP contribution is 2.21. The van der Waals surface area contributed by atoms with Crippen LogP contribution in [0.4, 0.5) is 0 Å². The fourth-order valence-electron chi connectivity index (χ4n) is 3.64. The van der Waals surface area contributed by atoms with Crippen molar-refractivity contribution in [1.29, 1.82) is 0 Å². The molecular weight excluding hydrogens is 408 g/mol. The molecule has 2 aromatic carbocycles. The van der Waals surface area contributed by atoms with Crippen LogP contribution in [0.25, 0.3) is 11.1 Å². The van der Waals surface area contributed by atoms with Crippen LogP contribution in [0.2, 0.25) is 0 Å². The van der Waals surface area contributed by atoms with E-state index < -0.39 is 29.8 Å². The molecule has 0 aliphatic rings. The summed E-state index contributed by atoms with van der Waals surface area (Å²) >= 11 is 0. The van der Waals surface area contributed by atoms with Crippen LogP contribution in [0.15, 0.2) is 66.9 Å². The molecular formula is C25H26N2O5. The van der Waals surface area contributed by atoms with Crippen LogP contribution in [-0.4, -0.2) is 38.7 Å². The van der Waals surface area contributed by atoms with Gasteiger partial charge in [-0.1, -0.05) is 61.5 Å². The van der Waals surface area contributed by atoms with Crippen LogP contribution in [0.3, 0.4) is 0 Å². The summed E-state index contributed by atoms with van der Waals surface area (Å²) < 4.78 is 1.45. The number of carboxylic acid groups (broad SMARTS) is 2. The third-order valence-electron chi connectivity index (χ3n) is 5.42. The largest absolute Gasteiger partial charge is 0.481 e. The summed E-state index contributed by atoms with van der Waals surface area (Å²) in [5, 5.41) is 21.4. The minimum Gasteiger partial charge on any atom is -0.481 e. The number of carbonyl (C=O) groups excluding carboxylic acids is 1. The van der Waals surface area contributed by atoms with E-state index in [0.717, 1.165) is 16.7 Å². The summed E-state index contributed by atoms with van der Waals surface area (Å²) in [4.78, 5) is 35.4. The molecule has 1 aromatic heterocycles. The molecule has 3 rings (SSSR count). The third kappa shape index (κ3) is 5.63. The van der Waals surface area contributed by atoms with Gasteiger partial charge in [-0.15, -0.1) is 0 Å². The molecule has 0 spiro atoms. The van der Waals surface area contributed by atoms with E-state index in [4.69, 9.17) is 5.11 Å². The van der Waals surface area contributed by atoms with Gasteiger partial charge in [0, 0.05) is 19.3 Å². The molecule has 0 saturated carbocycles. The molecule has 32 heavy (non-hydrogen) atoms. The van der Waals surface area contributed by atoms with Crippen LogP contribution in [0.1, 0.15) is 39.8 Å². The minimum atomic E-state index is -1.12. The van der Waals surface area contributed by atoms with Crippen molar-refractivity contribution in [3.05, 3.63) is 83.7 Å². The van der Waals surface area contributed by atoms with Crippen LogP contribution in [0.5, 0.6) is 0 Å². The molecule has 2 atom stereocenters. The van der Waals surface area contributed by atoms with E-state index in [0.29, 0.717) is 6.42 Å². The summed E-state index contributed by atoms with van der Waals surface area (Å²) in [6, 6.07) is 18.8. The number of benzene rings is 2. The highest BCUT2D eigenvalue weighted by Gasteiger charge is 2.23. The Balaban J connectivity index is 1.77. The predicted octanol–water partition coefficient (Wildman–Crippen LogP) is 3.84. The van der Waals surface area contributed by atoms with E-state index in [-0.39, 0.29) is 17.7 Å². The minimum absolute atomic E-state index is 0.0182.